The van der Waals surface area contributed by atoms with Gasteiger partial charge in [0.1, 0.15) is 6.29 Å². The number of nitrogens with one attached hydrogen (secondary N) is 1. The minimum absolute atomic E-state index is 0.0858. The molecule has 0 aromatic rings. The minimum atomic E-state index is -0.503. The molecule has 3 N–H and O–H groups in total. The van der Waals surface area contributed by atoms with Gasteiger partial charge >= 0.3 is 0 Å². The number of hydrogen-bond acceptors (Lipinski definition) is 3. The fraction of sp³-hybridized carbons (Fsp3) is 0.667. The van der Waals surface area contributed by atoms with E-state index in [0.29, 0.717) is 19.1 Å². The third kappa shape index (κ3) is 4.03. The van der Waals surface area contributed by atoms with Crippen molar-refractivity contribution < 1.29 is 9.59 Å². The summed E-state index contributed by atoms with van der Waals surface area (Å²) in [4.78, 5) is 20.5. The van der Waals surface area contributed by atoms with Crippen LogP contribution in [0.2, 0.25) is 0 Å². The zero-order chi connectivity index (χ0) is 7.98. The molecule has 1 unspecified atom stereocenters. The summed E-state index contributed by atoms with van der Waals surface area (Å²) < 4.78 is 0. The molecule has 0 rings (SSSR count). The second kappa shape index (κ2) is 4.93. The van der Waals surface area contributed by atoms with Crippen LogP contribution in [-0.2, 0) is 9.59 Å². The third-order valence-corrected chi connectivity index (χ3v) is 1.16. The van der Waals surface area contributed by atoms with Crippen molar-refractivity contribution in [1.29, 1.82) is 0 Å². The normalized spacial score (nSPS) is 12.2. The minimum Gasteiger partial charge on any atom is -0.359 e. The SMILES string of the molecule is CNC(=O)CCC(N)C=O. The number of carbonyl (C=O) groups is 2. The average molecular weight is 144 g/mol. The standard InChI is InChI=1S/C6H12N2O2/c1-8-6(10)3-2-5(7)4-9/h4-5H,2-3,7H2,1H3,(H,8,10). The number of rotatable bonds is 4. The van der Waals surface area contributed by atoms with Crippen molar-refractivity contribution in [3.8, 4) is 0 Å². The van der Waals surface area contributed by atoms with E-state index in [0.717, 1.165) is 0 Å². The Labute approximate surface area is 59.8 Å². The molecule has 0 fully saturated rings. The number of amides is 1. The highest BCUT2D eigenvalue weighted by Crippen LogP contribution is 1.90. The van der Waals surface area contributed by atoms with Gasteiger partial charge in [-0.15, -0.1) is 0 Å². The first kappa shape index (κ1) is 9.10. The van der Waals surface area contributed by atoms with Gasteiger partial charge in [-0.2, -0.15) is 0 Å². The first-order valence-electron chi connectivity index (χ1n) is 3.12. The van der Waals surface area contributed by atoms with Crippen molar-refractivity contribution in [2.45, 2.75) is 18.9 Å². The van der Waals surface area contributed by atoms with Crippen LogP contribution in [0.25, 0.3) is 0 Å². The van der Waals surface area contributed by atoms with Gasteiger partial charge in [0.05, 0.1) is 6.04 Å². The number of nitrogens with two attached hydrogens (primary N) is 1. The van der Waals surface area contributed by atoms with Gasteiger partial charge < -0.3 is 15.8 Å². The average Bonchev–Trinajstić information content (AvgIpc) is 1.99. The quantitative estimate of drug-likeness (QED) is 0.499. The third-order valence-electron chi connectivity index (χ3n) is 1.16. The van der Waals surface area contributed by atoms with Gasteiger partial charge in [0.15, 0.2) is 0 Å². The summed E-state index contributed by atoms with van der Waals surface area (Å²) in [6.45, 7) is 0. The molecule has 0 saturated heterocycles. The first-order chi connectivity index (χ1) is 4.70. The summed E-state index contributed by atoms with van der Waals surface area (Å²) in [5, 5.41) is 2.43. The molecular weight excluding hydrogens is 132 g/mol. The lowest BCUT2D eigenvalue weighted by atomic mass is 10.2. The summed E-state index contributed by atoms with van der Waals surface area (Å²) in [6.07, 6.45) is 1.38. The van der Waals surface area contributed by atoms with Gasteiger partial charge in [-0.05, 0) is 6.42 Å². The highest BCUT2D eigenvalue weighted by atomic mass is 16.1. The Morgan fingerprint density at radius 2 is 2.40 bits per heavy atom. The molecule has 4 nitrogen and oxygen atoms in total. The maximum absolute atomic E-state index is 10.5. The molecule has 4 heteroatoms. The molecule has 1 atom stereocenters. The second-order valence-electron chi connectivity index (χ2n) is 2.01. The molecule has 10 heavy (non-hydrogen) atoms. The van der Waals surface area contributed by atoms with E-state index in [1.54, 1.807) is 7.05 Å². The molecule has 0 aromatic heterocycles. The Balaban J connectivity index is 3.34. The molecule has 0 saturated carbocycles. The Kier molecular flexibility index (Phi) is 4.49. The lowest BCUT2D eigenvalue weighted by Gasteiger charge is -2.01. The van der Waals surface area contributed by atoms with Crippen molar-refractivity contribution in [1.82, 2.24) is 5.32 Å². The van der Waals surface area contributed by atoms with Crippen LogP contribution in [0.1, 0.15) is 12.8 Å². The van der Waals surface area contributed by atoms with Crippen molar-refractivity contribution in [3.63, 3.8) is 0 Å². The molecule has 58 valence electrons. The maximum Gasteiger partial charge on any atom is 0.219 e. The molecule has 0 aliphatic heterocycles. The Morgan fingerprint density at radius 1 is 1.80 bits per heavy atom. The van der Waals surface area contributed by atoms with Crippen LogP contribution in [0.3, 0.4) is 0 Å². The molecule has 0 bridgehead atoms. The van der Waals surface area contributed by atoms with Crippen molar-refractivity contribution in [2.24, 2.45) is 5.73 Å². The summed E-state index contributed by atoms with van der Waals surface area (Å²) in [6, 6.07) is -0.503. The highest BCUT2D eigenvalue weighted by molar-refractivity contribution is 5.76. The number of carbonyl (C=O) groups excluding carboxylic acids is 2. The topological polar surface area (TPSA) is 72.2 Å². The molecular formula is C6H12N2O2. The summed E-state index contributed by atoms with van der Waals surface area (Å²) in [5.41, 5.74) is 5.23. The van der Waals surface area contributed by atoms with Crippen LogP contribution >= 0.6 is 0 Å². The summed E-state index contributed by atoms with van der Waals surface area (Å²) in [5.74, 6) is -0.0858. The molecule has 0 spiro atoms. The Bertz CT molecular complexity index is 125. The molecule has 0 aliphatic rings. The van der Waals surface area contributed by atoms with E-state index in [-0.39, 0.29) is 5.91 Å². The predicted molar refractivity (Wildman–Crippen MR) is 37.3 cm³/mol. The van der Waals surface area contributed by atoms with E-state index >= 15 is 0 Å². The lowest BCUT2D eigenvalue weighted by molar-refractivity contribution is -0.120. The van der Waals surface area contributed by atoms with Crippen LogP contribution in [0, 0.1) is 0 Å². The zero-order valence-electron chi connectivity index (χ0n) is 5.96. The predicted octanol–water partition coefficient (Wildman–Crippen LogP) is -0.961. The molecule has 0 radical (unpaired) electrons. The van der Waals surface area contributed by atoms with Gasteiger partial charge in [-0.3, -0.25) is 4.79 Å². The summed E-state index contributed by atoms with van der Waals surface area (Å²) in [7, 11) is 1.55. The smallest absolute Gasteiger partial charge is 0.219 e. The second-order valence-corrected chi connectivity index (χ2v) is 2.01. The first-order valence-corrected chi connectivity index (χ1v) is 3.12. The molecule has 0 aliphatic carbocycles. The van der Waals surface area contributed by atoms with Crippen LogP contribution in [0.5, 0.6) is 0 Å². The highest BCUT2D eigenvalue weighted by Gasteiger charge is 2.02. The van der Waals surface area contributed by atoms with Crippen molar-refractivity contribution in [2.75, 3.05) is 7.05 Å². The van der Waals surface area contributed by atoms with Gasteiger partial charge in [0, 0.05) is 13.5 Å². The maximum atomic E-state index is 10.5. The van der Waals surface area contributed by atoms with E-state index in [2.05, 4.69) is 5.32 Å². The van der Waals surface area contributed by atoms with E-state index < -0.39 is 6.04 Å². The number of aldehydes is 1. The van der Waals surface area contributed by atoms with E-state index in [9.17, 15) is 9.59 Å². The van der Waals surface area contributed by atoms with Crippen LogP contribution in [0.4, 0.5) is 0 Å². The Morgan fingerprint density at radius 3 is 2.80 bits per heavy atom. The molecule has 1 amide bonds. The van der Waals surface area contributed by atoms with E-state index in [1.165, 1.54) is 0 Å². The van der Waals surface area contributed by atoms with Crippen LogP contribution in [-0.4, -0.2) is 25.3 Å². The van der Waals surface area contributed by atoms with Gasteiger partial charge in [0.25, 0.3) is 0 Å². The van der Waals surface area contributed by atoms with E-state index in [1.807, 2.05) is 0 Å². The molecule has 0 aromatic carbocycles. The Hall–Kier alpha value is -0.900. The van der Waals surface area contributed by atoms with Gasteiger partial charge in [-0.1, -0.05) is 0 Å². The lowest BCUT2D eigenvalue weighted by Crippen LogP contribution is -2.25. The van der Waals surface area contributed by atoms with Gasteiger partial charge in [-0.25, -0.2) is 0 Å². The number of hydrogen-bond donors (Lipinski definition) is 2. The fourth-order valence-electron chi connectivity index (χ4n) is 0.491. The van der Waals surface area contributed by atoms with Gasteiger partial charge in [0.2, 0.25) is 5.91 Å². The largest absolute Gasteiger partial charge is 0.359 e. The monoisotopic (exact) mass is 144 g/mol. The zero-order valence-corrected chi connectivity index (χ0v) is 5.96. The summed E-state index contributed by atoms with van der Waals surface area (Å²) >= 11 is 0. The van der Waals surface area contributed by atoms with Crippen molar-refractivity contribution >= 4 is 12.2 Å². The fourth-order valence-corrected chi connectivity index (χ4v) is 0.491. The van der Waals surface area contributed by atoms with Crippen LogP contribution in [0.15, 0.2) is 0 Å². The molecule has 0 heterocycles. The van der Waals surface area contributed by atoms with Crippen LogP contribution < -0.4 is 11.1 Å². The van der Waals surface area contributed by atoms with E-state index in [4.69, 9.17) is 5.73 Å². The van der Waals surface area contributed by atoms with Crippen molar-refractivity contribution in [3.05, 3.63) is 0 Å².